The van der Waals surface area contributed by atoms with Crippen molar-refractivity contribution in [3.63, 3.8) is 0 Å². The zero-order valence-corrected chi connectivity index (χ0v) is 11.5. The van der Waals surface area contributed by atoms with Crippen molar-refractivity contribution in [3.05, 3.63) is 0 Å². The van der Waals surface area contributed by atoms with Crippen LogP contribution >= 0.6 is 0 Å². The summed E-state index contributed by atoms with van der Waals surface area (Å²) in [5, 5.41) is 3.29. The minimum atomic E-state index is 0.178. The molecule has 0 heterocycles. The number of nitrogens with one attached hydrogen (secondary N) is 1. The molecule has 1 amide bonds. The summed E-state index contributed by atoms with van der Waals surface area (Å²) in [5.74, 6) is 0.178. The maximum Gasteiger partial charge on any atom is 0.236 e. The predicted octanol–water partition coefficient (Wildman–Crippen LogP) is 2.41. The summed E-state index contributed by atoms with van der Waals surface area (Å²) in [6, 6.07) is 0.723. The molecular weight excluding hydrogens is 200 g/mol. The standard InChI is InChI=1S/C13H28N2O/c1-6-7-8-9-12(4)14-10-13(16)15(5)11(2)3/h11-12,14H,6-10H2,1-5H3. The Morgan fingerprint density at radius 1 is 1.25 bits per heavy atom. The maximum absolute atomic E-state index is 11.7. The third-order valence-electron chi connectivity index (χ3n) is 3.01. The summed E-state index contributed by atoms with van der Waals surface area (Å²) in [7, 11) is 1.86. The van der Waals surface area contributed by atoms with Crippen molar-refractivity contribution in [1.29, 1.82) is 0 Å². The number of amides is 1. The lowest BCUT2D eigenvalue weighted by molar-refractivity contribution is -0.130. The average Bonchev–Trinajstić information content (AvgIpc) is 2.25. The molecule has 0 bridgehead atoms. The van der Waals surface area contributed by atoms with E-state index in [1.807, 2.05) is 20.9 Å². The van der Waals surface area contributed by atoms with Gasteiger partial charge in [0.25, 0.3) is 0 Å². The van der Waals surface area contributed by atoms with E-state index in [0.29, 0.717) is 12.6 Å². The highest BCUT2D eigenvalue weighted by atomic mass is 16.2. The molecule has 0 aromatic heterocycles. The van der Waals surface area contributed by atoms with Gasteiger partial charge in [0.1, 0.15) is 0 Å². The Balaban J connectivity index is 3.66. The van der Waals surface area contributed by atoms with Crippen LogP contribution in [-0.4, -0.2) is 36.5 Å². The Labute approximate surface area is 101 Å². The van der Waals surface area contributed by atoms with Crippen LogP contribution in [0.2, 0.25) is 0 Å². The van der Waals surface area contributed by atoms with Crippen LogP contribution < -0.4 is 5.32 Å². The first-order chi connectivity index (χ1) is 7.49. The second kappa shape index (κ2) is 8.57. The van der Waals surface area contributed by atoms with Crippen molar-refractivity contribution in [2.24, 2.45) is 0 Å². The zero-order chi connectivity index (χ0) is 12.6. The molecule has 1 atom stereocenters. The number of carbonyl (C=O) groups is 1. The normalized spacial score (nSPS) is 12.9. The lowest BCUT2D eigenvalue weighted by atomic mass is 10.1. The van der Waals surface area contributed by atoms with Gasteiger partial charge < -0.3 is 10.2 Å². The average molecular weight is 228 g/mol. The highest BCUT2D eigenvalue weighted by Gasteiger charge is 2.12. The van der Waals surface area contributed by atoms with Gasteiger partial charge in [0.15, 0.2) is 0 Å². The lowest BCUT2D eigenvalue weighted by Gasteiger charge is -2.23. The zero-order valence-electron chi connectivity index (χ0n) is 11.5. The van der Waals surface area contributed by atoms with E-state index in [1.54, 1.807) is 4.90 Å². The number of rotatable bonds is 8. The monoisotopic (exact) mass is 228 g/mol. The molecule has 0 aliphatic heterocycles. The topological polar surface area (TPSA) is 32.3 Å². The molecule has 0 aliphatic rings. The number of likely N-dealkylation sites (N-methyl/N-ethyl adjacent to an activating group) is 1. The number of unbranched alkanes of at least 4 members (excludes halogenated alkanes) is 2. The van der Waals surface area contributed by atoms with Crippen LogP contribution in [0.3, 0.4) is 0 Å². The van der Waals surface area contributed by atoms with Gasteiger partial charge in [0.05, 0.1) is 6.54 Å². The van der Waals surface area contributed by atoms with Crippen LogP contribution in [-0.2, 0) is 4.79 Å². The molecule has 0 aliphatic carbocycles. The highest BCUT2D eigenvalue weighted by Crippen LogP contribution is 2.02. The van der Waals surface area contributed by atoms with Crippen molar-refractivity contribution in [2.75, 3.05) is 13.6 Å². The lowest BCUT2D eigenvalue weighted by Crippen LogP contribution is -2.41. The van der Waals surface area contributed by atoms with Crippen LogP contribution in [0.1, 0.15) is 53.4 Å². The van der Waals surface area contributed by atoms with Crippen LogP contribution in [0.4, 0.5) is 0 Å². The smallest absolute Gasteiger partial charge is 0.236 e. The first-order valence-corrected chi connectivity index (χ1v) is 6.48. The molecular formula is C13H28N2O. The summed E-state index contributed by atoms with van der Waals surface area (Å²) in [4.78, 5) is 13.5. The Morgan fingerprint density at radius 2 is 1.88 bits per heavy atom. The Kier molecular flexibility index (Phi) is 8.26. The minimum absolute atomic E-state index is 0.178. The van der Waals surface area contributed by atoms with Gasteiger partial charge in [0.2, 0.25) is 5.91 Å². The molecule has 96 valence electrons. The first-order valence-electron chi connectivity index (χ1n) is 6.48. The van der Waals surface area contributed by atoms with Gasteiger partial charge in [-0.3, -0.25) is 4.79 Å². The molecule has 3 heteroatoms. The molecule has 0 saturated heterocycles. The van der Waals surface area contributed by atoms with Crippen molar-refractivity contribution < 1.29 is 4.79 Å². The molecule has 3 nitrogen and oxygen atoms in total. The quantitative estimate of drug-likeness (QED) is 0.647. The second-order valence-electron chi connectivity index (χ2n) is 4.88. The summed E-state index contributed by atoms with van der Waals surface area (Å²) >= 11 is 0. The van der Waals surface area contributed by atoms with Crippen LogP contribution in [0.15, 0.2) is 0 Å². The Bertz CT molecular complexity index is 192. The van der Waals surface area contributed by atoms with Crippen molar-refractivity contribution in [1.82, 2.24) is 10.2 Å². The minimum Gasteiger partial charge on any atom is -0.342 e. The van der Waals surface area contributed by atoms with E-state index >= 15 is 0 Å². The molecule has 0 fully saturated rings. The molecule has 0 saturated carbocycles. The number of nitrogens with zero attached hydrogens (tertiary/aromatic N) is 1. The van der Waals surface area contributed by atoms with Crippen LogP contribution in [0.25, 0.3) is 0 Å². The van der Waals surface area contributed by atoms with Gasteiger partial charge in [-0.15, -0.1) is 0 Å². The van der Waals surface area contributed by atoms with Crippen LogP contribution in [0, 0.1) is 0 Å². The van der Waals surface area contributed by atoms with E-state index in [0.717, 1.165) is 6.42 Å². The molecule has 0 radical (unpaired) electrons. The van der Waals surface area contributed by atoms with Gasteiger partial charge in [-0.25, -0.2) is 0 Å². The van der Waals surface area contributed by atoms with E-state index in [-0.39, 0.29) is 11.9 Å². The largest absolute Gasteiger partial charge is 0.342 e. The van der Waals surface area contributed by atoms with E-state index in [4.69, 9.17) is 0 Å². The van der Waals surface area contributed by atoms with E-state index in [2.05, 4.69) is 19.2 Å². The second-order valence-corrected chi connectivity index (χ2v) is 4.88. The molecule has 0 aromatic carbocycles. The third-order valence-corrected chi connectivity index (χ3v) is 3.01. The van der Waals surface area contributed by atoms with Crippen LogP contribution in [0.5, 0.6) is 0 Å². The number of hydrogen-bond acceptors (Lipinski definition) is 2. The van der Waals surface area contributed by atoms with Gasteiger partial charge in [-0.1, -0.05) is 26.2 Å². The van der Waals surface area contributed by atoms with E-state index in [9.17, 15) is 4.79 Å². The SMILES string of the molecule is CCCCCC(C)NCC(=O)N(C)C(C)C. The fraction of sp³-hybridized carbons (Fsp3) is 0.923. The van der Waals surface area contributed by atoms with Crippen molar-refractivity contribution in [2.45, 2.75) is 65.5 Å². The van der Waals surface area contributed by atoms with Gasteiger partial charge >= 0.3 is 0 Å². The summed E-state index contributed by atoms with van der Waals surface area (Å²) in [5.41, 5.74) is 0. The summed E-state index contributed by atoms with van der Waals surface area (Å²) in [6.45, 7) is 8.88. The van der Waals surface area contributed by atoms with E-state index < -0.39 is 0 Å². The molecule has 0 rings (SSSR count). The van der Waals surface area contributed by atoms with Gasteiger partial charge in [-0.2, -0.15) is 0 Å². The maximum atomic E-state index is 11.7. The third kappa shape index (κ3) is 6.83. The highest BCUT2D eigenvalue weighted by molar-refractivity contribution is 5.78. The Hall–Kier alpha value is -0.570. The van der Waals surface area contributed by atoms with Gasteiger partial charge in [-0.05, 0) is 27.2 Å². The first kappa shape index (κ1) is 15.4. The molecule has 0 aromatic rings. The molecule has 1 unspecified atom stereocenters. The Morgan fingerprint density at radius 3 is 2.38 bits per heavy atom. The molecule has 16 heavy (non-hydrogen) atoms. The number of carbonyl (C=O) groups excluding carboxylic acids is 1. The summed E-state index contributed by atoms with van der Waals surface area (Å²) in [6.07, 6.45) is 4.94. The predicted molar refractivity (Wildman–Crippen MR) is 69.5 cm³/mol. The van der Waals surface area contributed by atoms with Gasteiger partial charge in [0, 0.05) is 19.1 Å². The molecule has 1 N–H and O–H groups in total. The molecule has 0 spiro atoms. The van der Waals surface area contributed by atoms with E-state index in [1.165, 1.54) is 19.3 Å². The summed E-state index contributed by atoms with van der Waals surface area (Å²) < 4.78 is 0. The van der Waals surface area contributed by atoms with Crippen molar-refractivity contribution in [3.8, 4) is 0 Å². The fourth-order valence-electron chi connectivity index (χ4n) is 1.48. The fourth-order valence-corrected chi connectivity index (χ4v) is 1.48. The number of hydrogen-bond donors (Lipinski definition) is 1. The van der Waals surface area contributed by atoms with Crippen molar-refractivity contribution >= 4 is 5.91 Å².